The zero-order valence-corrected chi connectivity index (χ0v) is 9.87. The summed E-state index contributed by atoms with van der Waals surface area (Å²) in [5.74, 6) is 0.246. The number of nitrogens with one attached hydrogen (secondary N) is 1. The third-order valence-corrected chi connectivity index (χ3v) is 2.26. The molecule has 15 heavy (non-hydrogen) atoms. The van der Waals surface area contributed by atoms with Gasteiger partial charge in [-0.2, -0.15) is 0 Å². The van der Waals surface area contributed by atoms with E-state index in [2.05, 4.69) is 21.2 Å². The SMILES string of the molecule is CNC(=O)c1cc(Br)ccc1OCCO. The Bertz CT molecular complexity index is 355. The number of aliphatic hydroxyl groups is 1. The largest absolute Gasteiger partial charge is 0.490 e. The van der Waals surface area contributed by atoms with Gasteiger partial charge < -0.3 is 15.2 Å². The number of carbonyl (C=O) groups is 1. The van der Waals surface area contributed by atoms with Crippen LogP contribution in [0.25, 0.3) is 0 Å². The predicted octanol–water partition coefficient (Wildman–Crippen LogP) is 1.18. The standard InChI is InChI=1S/C10H12BrNO3/c1-12-10(14)8-6-7(11)2-3-9(8)15-5-4-13/h2-3,6,13H,4-5H2,1H3,(H,12,14). The molecule has 1 amide bonds. The third kappa shape index (κ3) is 3.21. The van der Waals surface area contributed by atoms with Crippen LogP contribution in [-0.2, 0) is 0 Å². The molecule has 0 atom stereocenters. The minimum atomic E-state index is -0.218. The number of carbonyl (C=O) groups excluding carboxylic acids is 1. The maximum Gasteiger partial charge on any atom is 0.254 e. The first-order valence-corrected chi connectivity index (χ1v) is 5.23. The molecule has 1 rings (SSSR count). The summed E-state index contributed by atoms with van der Waals surface area (Å²) in [6, 6.07) is 5.13. The van der Waals surface area contributed by atoms with Crippen molar-refractivity contribution in [1.82, 2.24) is 5.32 Å². The minimum absolute atomic E-state index is 0.0801. The maximum absolute atomic E-state index is 11.5. The van der Waals surface area contributed by atoms with Crippen LogP contribution in [0.1, 0.15) is 10.4 Å². The average molecular weight is 274 g/mol. The number of aliphatic hydroxyl groups excluding tert-OH is 1. The monoisotopic (exact) mass is 273 g/mol. The van der Waals surface area contributed by atoms with Crippen molar-refractivity contribution < 1.29 is 14.6 Å². The normalized spacial score (nSPS) is 9.80. The smallest absolute Gasteiger partial charge is 0.254 e. The molecule has 82 valence electrons. The van der Waals surface area contributed by atoms with Gasteiger partial charge in [-0.05, 0) is 18.2 Å². The maximum atomic E-state index is 11.5. The van der Waals surface area contributed by atoms with Crippen molar-refractivity contribution in [3.05, 3.63) is 28.2 Å². The Labute approximate surface area is 96.4 Å². The molecule has 0 saturated heterocycles. The van der Waals surface area contributed by atoms with Crippen molar-refractivity contribution in [1.29, 1.82) is 0 Å². The van der Waals surface area contributed by atoms with Gasteiger partial charge in [0.1, 0.15) is 12.4 Å². The van der Waals surface area contributed by atoms with Gasteiger partial charge in [-0.15, -0.1) is 0 Å². The first-order valence-electron chi connectivity index (χ1n) is 4.44. The zero-order valence-electron chi connectivity index (χ0n) is 8.29. The van der Waals surface area contributed by atoms with Gasteiger partial charge in [-0.1, -0.05) is 15.9 Å². The predicted molar refractivity (Wildman–Crippen MR) is 60.1 cm³/mol. The van der Waals surface area contributed by atoms with E-state index in [1.807, 2.05) is 0 Å². The van der Waals surface area contributed by atoms with E-state index >= 15 is 0 Å². The Balaban J connectivity index is 2.97. The highest BCUT2D eigenvalue weighted by molar-refractivity contribution is 9.10. The number of hydrogen-bond acceptors (Lipinski definition) is 3. The first kappa shape index (κ1) is 12.0. The van der Waals surface area contributed by atoms with E-state index in [0.29, 0.717) is 11.3 Å². The van der Waals surface area contributed by atoms with Gasteiger partial charge in [-0.25, -0.2) is 0 Å². The average Bonchev–Trinajstić information content (AvgIpc) is 2.26. The number of ether oxygens (including phenoxy) is 1. The fourth-order valence-corrected chi connectivity index (χ4v) is 1.46. The van der Waals surface area contributed by atoms with Crippen LogP contribution >= 0.6 is 15.9 Å². The molecule has 5 heteroatoms. The summed E-state index contributed by atoms with van der Waals surface area (Å²) in [6.45, 7) is 0.0921. The van der Waals surface area contributed by atoms with E-state index in [1.54, 1.807) is 25.2 Å². The number of hydrogen-bond donors (Lipinski definition) is 2. The van der Waals surface area contributed by atoms with Crippen LogP contribution in [0.2, 0.25) is 0 Å². The highest BCUT2D eigenvalue weighted by Crippen LogP contribution is 2.23. The summed E-state index contributed by atoms with van der Waals surface area (Å²) >= 11 is 3.28. The van der Waals surface area contributed by atoms with Crippen LogP contribution < -0.4 is 10.1 Å². The van der Waals surface area contributed by atoms with Gasteiger partial charge in [-0.3, -0.25) is 4.79 Å². The second-order valence-electron chi connectivity index (χ2n) is 2.79. The Morgan fingerprint density at radius 1 is 1.60 bits per heavy atom. The van der Waals surface area contributed by atoms with Gasteiger partial charge in [0, 0.05) is 11.5 Å². The molecule has 0 aliphatic carbocycles. The number of benzene rings is 1. The van der Waals surface area contributed by atoms with Crippen LogP contribution in [0, 0.1) is 0 Å². The van der Waals surface area contributed by atoms with Crippen molar-refractivity contribution in [3.8, 4) is 5.75 Å². The molecule has 4 nitrogen and oxygen atoms in total. The van der Waals surface area contributed by atoms with E-state index in [1.165, 1.54) is 0 Å². The molecule has 0 heterocycles. The molecule has 0 saturated carbocycles. The Kier molecular flexibility index (Phi) is 4.58. The molecular formula is C10H12BrNO3. The lowest BCUT2D eigenvalue weighted by Gasteiger charge is -2.09. The van der Waals surface area contributed by atoms with Gasteiger partial charge >= 0.3 is 0 Å². The van der Waals surface area contributed by atoms with Crippen LogP contribution in [0.15, 0.2) is 22.7 Å². The second kappa shape index (κ2) is 5.72. The lowest BCUT2D eigenvalue weighted by molar-refractivity contribution is 0.0957. The molecule has 0 unspecified atom stereocenters. The van der Waals surface area contributed by atoms with Crippen molar-refractivity contribution in [2.24, 2.45) is 0 Å². The Hall–Kier alpha value is -1.07. The molecule has 1 aromatic carbocycles. The lowest BCUT2D eigenvalue weighted by Crippen LogP contribution is -2.19. The van der Waals surface area contributed by atoms with Gasteiger partial charge in [0.05, 0.1) is 12.2 Å². The van der Waals surface area contributed by atoms with Crippen molar-refractivity contribution in [2.75, 3.05) is 20.3 Å². The number of halogens is 1. The molecular weight excluding hydrogens is 262 g/mol. The molecule has 2 N–H and O–H groups in total. The van der Waals surface area contributed by atoms with Crippen LogP contribution in [0.3, 0.4) is 0 Å². The summed E-state index contributed by atoms with van der Waals surface area (Å²) in [6.07, 6.45) is 0. The summed E-state index contributed by atoms with van der Waals surface area (Å²) in [5.41, 5.74) is 0.445. The molecule has 0 aromatic heterocycles. The molecule has 0 spiro atoms. The highest BCUT2D eigenvalue weighted by Gasteiger charge is 2.11. The summed E-state index contributed by atoms with van der Waals surface area (Å²) in [4.78, 5) is 11.5. The third-order valence-electron chi connectivity index (χ3n) is 1.76. The number of rotatable bonds is 4. The fraction of sp³-hybridized carbons (Fsp3) is 0.300. The molecule has 0 bridgehead atoms. The van der Waals surface area contributed by atoms with Gasteiger partial charge in [0.15, 0.2) is 0 Å². The lowest BCUT2D eigenvalue weighted by atomic mass is 10.2. The fourth-order valence-electron chi connectivity index (χ4n) is 1.10. The van der Waals surface area contributed by atoms with Crippen molar-refractivity contribution >= 4 is 21.8 Å². The Morgan fingerprint density at radius 3 is 2.93 bits per heavy atom. The number of amides is 1. The topological polar surface area (TPSA) is 58.6 Å². The zero-order chi connectivity index (χ0) is 11.3. The summed E-state index contributed by atoms with van der Waals surface area (Å²) in [7, 11) is 1.55. The van der Waals surface area contributed by atoms with Crippen molar-refractivity contribution in [3.63, 3.8) is 0 Å². The van der Waals surface area contributed by atoms with Gasteiger partial charge in [0.25, 0.3) is 5.91 Å². The van der Waals surface area contributed by atoms with Crippen LogP contribution in [-0.4, -0.2) is 31.3 Å². The molecule has 1 aromatic rings. The molecule has 0 radical (unpaired) electrons. The molecule has 0 aliphatic rings. The van der Waals surface area contributed by atoms with Gasteiger partial charge in [0.2, 0.25) is 0 Å². The van der Waals surface area contributed by atoms with Crippen LogP contribution in [0.5, 0.6) is 5.75 Å². The summed E-state index contributed by atoms with van der Waals surface area (Å²) in [5, 5.41) is 11.2. The molecule has 0 fully saturated rings. The quantitative estimate of drug-likeness (QED) is 0.866. The van der Waals surface area contributed by atoms with E-state index in [-0.39, 0.29) is 19.1 Å². The van der Waals surface area contributed by atoms with E-state index in [9.17, 15) is 4.79 Å². The first-order chi connectivity index (χ1) is 7.19. The van der Waals surface area contributed by atoms with E-state index in [0.717, 1.165) is 4.47 Å². The van der Waals surface area contributed by atoms with Crippen molar-refractivity contribution in [2.45, 2.75) is 0 Å². The Morgan fingerprint density at radius 2 is 2.33 bits per heavy atom. The van der Waals surface area contributed by atoms with Crippen LogP contribution in [0.4, 0.5) is 0 Å². The van der Waals surface area contributed by atoms with E-state index in [4.69, 9.17) is 9.84 Å². The highest BCUT2D eigenvalue weighted by atomic mass is 79.9. The second-order valence-corrected chi connectivity index (χ2v) is 3.71. The summed E-state index contributed by atoms with van der Waals surface area (Å²) < 4.78 is 6.04. The minimum Gasteiger partial charge on any atom is -0.490 e. The molecule has 0 aliphatic heterocycles. The van der Waals surface area contributed by atoms with E-state index < -0.39 is 0 Å².